The molecule has 0 radical (unpaired) electrons. The van der Waals surface area contributed by atoms with Gasteiger partial charge in [0.15, 0.2) is 6.29 Å². The Labute approximate surface area is 93.5 Å². The number of sulfonamides is 1. The zero-order valence-electron chi connectivity index (χ0n) is 8.73. The summed E-state index contributed by atoms with van der Waals surface area (Å²) < 4.78 is 38.0. The van der Waals surface area contributed by atoms with Gasteiger partial charge in [0.1, 0.15) is 5.82 Å². The highest BCUT2D eigenvalue weighted by atomic mass is 32.2. The Balaban J connectivity index is 2.94. The lowest BCUT2D eigenvalue weighted by Gasteiger charge is -2.07. The summed E-state index contributed by atoms with van der Waals surface area (Å²) in [5, 5.41) is 0. The molecule has 16 heavy (non-hydrogen) atoms. The zero-order valence-corrected chi connectivity index (χ0v) is 9.55. The van der Waals surface area contributed by atoms with Crippen molar-refractivity contribution in [3.8, 4) is 0 Å². The first-order valence-electron chi connectivity index (χ1n) is 4.73. The van der Waals surface area contributed by atoms with Crippen LogP contribution in [-0.4, -0.2) is 20.5 Å². The van der Waals surface area contributed by atoms with E-state index in [1.54, 1.807) is 6.92 Å². The summed E-state index contributed by atoms with van der Waals surface area (Å²) in [6.45, 7) is 1.74. The van der Waals surface area contributed by atoms with E-state index in [4.69, 9.17) is 0 Å². The lowest BCUT2D eigenvalue weighted by molar-refractivity contribution is 0.112. The monoisotopic (exact) mass is 245 g/mol. The fourth-order valence-electron chi connectivity index (χ4n) is 1.20. The summed E-state index contributed by atoms with van der Waals surface area (Å²) in [4.78, 5) is 10.5. The number of nitrogens with one attached hydrogen (secondary N) is 1. The van der Waals surface area contributed by atoms with Gasteiger partial charge in [-0.3, -0.25) is 9.52 Å². The van der Waals surface area contributed by atoms with Gasteiger partial charge >= 0.3 is 0 Å². The lowest BCUT2D eigenvalue weighted by Crippen LogP contribution is -2.16. The fourth-order valence-corrected chi connectivity index (χ4v) is 2.32. The van der Waals surface area contributed by atoms with Crippen LogP contribution in [0.15, 0.2) is 18.2 Å². The Morgan fingerprint density at radius 1 is 1.44 bits per heavy atom. The molecule has 0 heterocycles. The third kappa shape index (κ3) is 3.30. The number of halogens is 1. The van der Waals surface area contributed by atoms with Crippen molar-refractivity contribution in [3.05, 3.63) is 29.6 Å². The van der Waals surface area contributed by atoms with Gasteiger partial charge in [-0.2, -0.15) is 0 Å². The molecule has 1 aromatic carbocycles. The molecular formula is C10H12FNO3S. The molecule has 0 unspecified atom stereocenters. The molecule has 0 saturated carbocycles. The second-order valence-corrected chi connectivity index (χ2v) is 5.12. The third-order valence-electron chi connectivity index (χ3n) is 1.87. The predicted octanol–water partition coefficient (Wildman–Crippen LogP) is 1.79. The summed E-state index contributed by atoms with van der Waals surface area (Å²) in [5.41, 5.74) is 0.0219. The van der Waals surface area contributed by atoms with E-state index in [9.17, 15) is 17.6 Å². The molecule has 0 spiro atoms. The van der Waals surface area contributed by atoms with Gasteiger partial charge < -0.3 is 0 Å². The van der Waals surface area contributed by atoms with Crippen molar-refractivity contribution in [2.75, 3.05) is 10.5 Å². The van der Waals surface area contributed by atoms with Crippen LogP contribution in [0.5, 0.6) is 0 Å². The zero-order chi connectivity index (χ0) is 12.2. The van der Waals surface area contributed by atoms with Gasteiger partial charge in [-0.15, -0.1) is 0 Å². The van der Waals surface area contributed by atoms with Crippen LogP contribution in [0.2, 0.25) is 0 Å². The molecule has 1 rings (SSSR count). The van der Waals surface area contributed by atoms with Crippen LogP contribution >= 0.6 is 0 Å². The first kappa shape index (κ1) is 12.6. The van der Waals surface area contributed by atoms with Crippen LogP contribution in [-0.2, 0) is 10.0 Å². The molecule has 1 N–H and O–H groups in total. The van der Waals surface area contributed by atoms with Crippen LogP contribution in [0.4, 0.5) is 10.1 Å². The van der Waals surface area contributed by atoms with Gasteiger partial charge in [-0.05, 0) is 24.6 Å². The van der Waals surface area contributed by atoms with E-state index in [0.717, 1.165) is 12.1 Å². The predicted molar refractivity (Wildman–Crippen MR) is 59.5 cm³/mol. The molecule has 0 atom stereocenters. The van der Waals surface area contributed by atoms with E-state index < -0.39 is 15.8 Å². The molecule has 0 saturated heterocycles. The van der Waals surface area contributed by atoms with Crippen LogP contribution in [0.1, 0.15) is 23.7 Å². The topological polar surface area (TPSA) is 63.2 Å². The quantitative estimate of drug-likeness (QED) is 0.804. The summed E-state index contributed by atoms with van der Waals surface area (Å²) in [7, 11) is -3.41. The first-order chi connectivity index (χ1) is 7.48. The number of carbonyl (C=O) groups excluding carboxylic acids is 1. The number of hydrogen-bond donors (Lipinski definition) is 1. The van der Waals surface area contributed by atoms with Crippen LogP contribution < -0.4 is 4.72 Å². The maximum atomic E-state index is 12.9. The van der Waals surface area contributed by atoms with E-state index in [1.165, 1.54) is 6.07 Å². The number of aldehydes is 1. The van der Waals surface area contributed by atoms with Gasteiger partial charge in [-0.1, -0.05) is 6.92 Å². The molecule has 0 aliphatic heterocycles. The van der Waals surface area contributed by atoms with Crippen molar-refractivity contribution in [1.29, 1.82) is 0 Å². The molecule has 0 aliphatic rings. The molecular weight excluding hydrogens is 233 g/mol. The minimum atomic E-state index is -3.41. The van der Waals surface area contributed by atoms with Crippen molar-refractivity contribution in [1.82, 2.24) is 0 Å². The SMILES string of the molecule is CCCS(=O)(=O)Nc1ccc(F)c(C=O)c1. The van der Waals surface area contributed by atoms with Crippen LogP contribution in [0.3, 0.4) is 0 Å². The van der Waals surface area contributed by atoms with E-state index in [-0.39, 0.29) is 17.0 Å². The summed E-state index contributed by atoms with van der Waals surface area (Å²) >= 11 is 0. The van der Waals surface area contributed by atoms with E-state index in [1.807, 2.05) is 0 Å². The summed E-state index contributed by atoms with van der Waals surface area (Å²) in [5.74, 6) is -0.686. The number of carbonyl (C=O) groups is 1. The Morgan fingerprint density at radius 3 is 2.69 bits per heavy atom. The van der Waals surface area contributed by atoms with Crippen molar-refractivity contribution >= 4 is 22.0 Å². The largest absolute Gasteiger partial charge is 0.298 e. The highest BCUT2D eigenvalue weighted by molar-refractivity contribution is 7.92. The molecule has 6 heteroatoms. The number of anilines is 1. The lowest BCUT2D eigenvalue weighted by atomic mass is 10.2. The van der Waals surface area contributed by atoms with E-state index in [0.29, 0.717) is 12.7 Å². The molecule has 0 fully saturated rings. The average Bonchev–Trinajstić information content (AvgIpc) is 2.20. The number of hydrogen-bond acceptors (Lipinski definition) is 3. The van der Waals surface area contributed by atoms with Gasteiger partial charge in [0.25, 0.3) is 0 Å². The average molecular weight is 245 g/mol. The molecule has 1 aromatic rings. The Hall–Kier alpha value is -1.43. The third-order valence-corrected chi connectivity index (χ3v) is 3.36. The molecule has 0 aliphatic carbocycles. The Kier molecular flexibility index (Phi) is 4.00. The molecule has 4 nitrogen and oxygen atoms in total. The minimum Gasteiger partial charge on any atom is -0.298 e. The van der Waals surface area contributed by atoms with E-state index in [2.05, 4.69) is 4.72 Å². The van der Waals surface area contributed by atoms with Gasteiger partial charge in [-0.25, -0.2) is 12.8 Å². The second kappa shape index (κ2) is 5.07. The second-order valence-electron chi connectivity index (χ2n) is 3.28. The molecule has 0 amide bonds. The van der Waals surface area contributed by atoms with Crippen LogP contribution in [0.25, 0.3) is 0 Å². The summed E-state index contributed by atoms with van der Waals surface area (Å²) in [6.07, 6.45) is 0.823. The molecule has 0 aromatic heterocycles. The molecule has 88 valence electrons. The van der Waals surface area contributed by atoms with Crippen molar-refractivity contribution < 1.29 is 17.6 Å². The van der Waals surface area contributed by atoms with Crippen molar-refractivity contribution in [2.45, 2.75) is 13.3 Å². The minimum absolute atomic E-state index is 0.0131. The maximum Gasteiger partial charge on any atom is 0.232 e. The first-order valence-corrected chi connectivity index (χ1v) is 6.39. The highest BCUT2D eigenvalue weighted by Gasteiger charge is 2.10. The maximum absolute atomic E-state index is 12.9. The highest BCUT2D eigenvalue weighted by Crippen LogP contribution is 2.14. The normalized spacial score (nSPS) is 11.1. The number of rotatable bonds is 5. The Bertz CT molecular complexity index is 485. The summed E-state index contributed by atoms with van der Waals surface area (Å²) in [6, 6.07) is 3.48. The van der Waals surface area contributed by atoms with Gasteiger partial charge in [0, 0.05) is 5.69 Å². The Morgan fingerprint density at radius 2 is 2.12 bits per heavy atom. The smallest absolute Gasteiger partial charge is 0.232 e. The van der Waals surface area contributed by atoms with Gasteiger partial charge in [0.2, 0.25) is 10.0 Å². The van der Waals surface area contributed by atoms with Crippen LogP contribution in [0, 0.1) is 5.82 Å². The van der Waals surface area contributed by atoms with Crippen molar-refractivity contribution in [2.24, 2.45) is 0 Å². The van der Waals surface area contributed by atoms with Gasteiger partial charge in [0.05, 0.1) is 11.3 Å². The fraction of sp³-hybridized carbons (Fsp3) is 0.300. The molecule has 0 bridgehead atoms. The van der Waals surface area contributed by atoms with Crippen molar-refractivity contribution in [3.63, 3.8) is 0 Å². The van der Waals surface area contributed by atoms with E-state index >= 15 is 0 Å². The number of benzene rings is 1. The standard InChI is InChI=1S/C10H12FNO3S/c1-2-5-16(14,15)12-9-3-4-10(11)8(6-9)7-13/h3-4,6-7,12H,2,5H2,1H3.